The molecule has 5 heteroatoms. The van der Waals surface area contributed by atoms with Gasteiger partial charge in [-0.25, -0.2) is 4.39 Å². The van der Waals surface area contributed by atoms with Crippen LogP contribution in [0.25, 0.3) is 10.9 Å². The molecule has 3 aromatic rings. The molecular formula is C19H20ClFN2O. The van der Waals surface area contributed by atoms with E-state index in [1.807, 2.05) is 31.3 Å². The molecule has 24 heavy (non-hydrogen) atoms. The Hall–Kier alpha value is -2.04. The first-order chi connectivity index (χ1) is 11.6. The number of benzene rings is 2. The fourth-order valence-electron chi connectivity index (χ4n) is 3.00. The molecule has 0 radical (unpaired) electrons. The van der Waals surface area contributed by atoms with Crippen LogP contribution in [-0.4, -0.2) is 18.1 Å². The van der Waals surface area contributed by atoms with Crippen molar-refractivity contribution in [3.05, 3.63) is 64.6 Å². The van der Waals surface area contributed by atoms with E-state index in [0.29, 0.717) is 23.9 Å². The van der Waals surface area contributed by atoms with Crippen LogP contribution in [0.1, 0.15) is 24.0 Å². The molecule has 1 aromatic heterocycles. The Morgan fingerprint density at radius 1 is 1.25 bits per heavy atom. The summed E-state index contributed by atoms with van der Waals surface area (Å²) in [6, 6.07) is 10.5. The van der Waals surface area contributed by atoms with Crippen molar-refractivity contribution in [3.63, 3.8) is 0 Å². The van der Waals surface area contributed by atoms with Gasteiger partial charge in [-0.15, -0.1) is 0 Å². The molecule has 3 rings (SSSR count). The largest absolute Gasteiger partial charge is 0.492 e. The molecule has 0 fully saturated rings. The van der Waals surface area contributed by atoms with Crippen molar-refractivity contribution < 1.29 is 9.13 Å². The minimum Gasteiger partial charge on any atom is -0.492 e. The van der Waals surface area contributed by atoms with Crippen molar-refractivity contribution in [2.75, 3.05) is 13.2 Å². The topological polar surface area (TPSA) is 51.0 Å². The van der Waals surface area contributed by atoms with Crippen molar-refractivity contribution in [2.45, 2.75) is 19.3 Å². The van der Waals surface area contributed by atoms with Gasteiger partial charge in [0.15, 0.2) is 0 Å². The van der Waals surface area contributed by atoms with Crippen LogP contribution in [0.3, 0.4) is 0 Å². The molecule has 0 aliphatic heterocycles. The van der Waals surface area contributed by atoms with Crippen LogP contribution in [0.5, 0.6) is 5.75 Å². The molecule has 0 saturated heterocycles. The minimum atomic E-state index is -0.247. The maximum atomic E-state index is 13.6. The van der Waals surface area contributed by atoms with Gasteiger partial charge in [0.1, 0.15) is 11.6 Å². The molecule has 0 amide bonds. The lowest BCUT2D eigenvalue weighted by molar-refractivity contribution is 0.340. The summed E-state index contributed by atoms with van der Waals surface area (Å²) in [5, 5.41) is 1.47. The Balaban J connectivity index is 1.89. The van der Waals surface area contributed by atoms with E-state index in [9.17, 15) is 4.39 Å². The number of hydrogen-bond donors (Lipinski definition) is 2. The lowest BCUT2D eigenvalue weighted by atomic mass is 9.91. The summed E-state index contributed by atoms with van der Waals surface area (Å²) >= 11 is 6.26. The summed E-state index contributed by atoms with van der Waals surface area (Å²) in [7, 11) is 0. The van der Waals surface area contributed by atoms with E-state index in [1.165, 1.54) is 6.07 Å². The highest BCUT2D eigenvalue weighted by Crippen LogP contribution is 2.31. The first kappa shape index (κ1) is 16.8. The molecule has 2 aromatic carbocycles. The second-order valence-electron chi connectivity index (χ2n) is 5.77. The second kappa shape index (κ2) is 7.24. The van der Waals surface area contributed by atoms with Crippen molar-refractivity contribution in [1.82, 2.24) is 4.98 Å². The number of ether oxygens (including phenoxy) is 1. The third-order valence-electron chi connectivity index (χ3n) is 4.18. The minimum absolute atomic E-state index is 0.0783. The van der Waals surface area contributed by atoms with E-state index in [-0.39, 0.29) is 11.7 Å². The second-order valence-corrected chi connectivity index (χ2v) is 6.18. The molecule has 3 N–H and O–H groups in total. The maximum Gasteiger partial charge on any atom is 0.137 e. The van der Waals surface area contributed by atoms with E-state index in [2.05, 4.69) is 4.98 Å². The molecule has 0 bridgehead atoms. The summed E-state index contributed by atoms with van der Waals surface area (Å²) in [5.74, 6) is 0.513. The van der Waals surface area contributed by atoms with Gasteiger partial charge in [-0.05, 0) is 61.3 Å². The van der Waals surface area contributed by atoms with Crippen LogP contribution in [0.15, 0.2) is 42.6 Å². The molecule has 1 heterocycles. The number of nitrogens with one attached hydrogen (secondary N) is 1. The summed E-state index contributed by atoms with van der Waals surface area (Å²) < 4.78 is 19.0. The van der Waals surface area contributed by atoms with Gasteiger partial charge in [-0.2, -0.15) is 0 Å². The van der Waals surface area contributed by atoms with Crippen LogP contribution in [0.4, 0.5) is 4.39 Å². The summed E-state index contributed by atoms with van der Waals surface area (Å²) in [4.78, 5) is 3.18. The Kier molecular flexibility index (Phi) is 5.07. The number of halogens is 2. The number of aromatic amines is 1. The smallest absolute Gasteiger partial charge is 0.137 e. The number of hydrogen-bond acceptors (Lipinski definition) is 2. The molecule has 1 unspecified atom stereocenters. The predicted octanol–water partition coefficient (Wildman–Crippen LogP) is 4.64. The first-order valence-electron chi connectivity index (χ1n) is 8.00. The molecule has 0 saturated carbocycles. The van der Waals surface area contributed by atoms with Gasteiger partial charge >= 0.3 is 0 Å². The van der Waals surface area contributed by atoms with Crippen molar-refractivity contribution >= 4 is 22.5 Å². The zero-order valence-corrected chi connectivity index (χ0v) is 14.2. The van der Waals surface area contributed by atoms with E-state index >= 15 is 0 Å². The summed E-state index contributed by atoms with van der Waals surface area (Å²) in [6.07, 6.45) is 2.64. The zero-order chi connectivity index (χ0) is 17.1. The summed E-state index contributed by atoms with van der Waals surface area (Å²) in [5.41, 5.74) is 9.00. The number of fused-ring (bicyclic) bond motifs is 1. The average Bonchev–Trinajstić information content (AvgIpc) is 2.98. The molecule has 0 aliphatic carbocycles. The Bertz CT molecular complexity index is 846. The summed E-state index contributed by atoms with van der Waals surface area (Å²) in [6.45, 7) is 2.96. The third-order valence-corrected chi connectivity index (χ3v) is 4.47. The molecule has 1 atom stereocenters. The highest BCUT2D eigenvalue weighted by Gasteiger charge is 2.16. The molecule has 0 aliphatic rings. The van der Waals surface area contributed by atoms with E-state index in [4.69, 9.17) is 22.1 Å². The first-order valence-corrected chi connectivity index (χ1v) is 8.38. The fourth-order valence-corrected chi connectivity index (χ4v) is 3.26. The van der Waals surface area contributed by atoms with E-state index < -0.39 is 0 Å². The van der Waals surface area contributed by atoms with Gasteiger partial charge in [0.05, 0.1) is 11.6 Å². The molecule has 126 valence electrons. The van der Waals surface area contributed by atoms with Crippen molar-refractivity contribution in [1.29, 1.82) is 0 Å². The SMILES string of the molecule is CCOc1ccc(CC(CN)c2c[nH]c3ccc(F)cc23)cc1Cl. The van der Waals surface area contributed by atoms with E-state index in [0.717, 1.165) is 28.5 Å². The van der Waals surface area contributed by atoms with Crippen LogP contribution in [0.2, 0.25) is 5.02 Å². The highest BCUT2D eigenvalue weighted by molar-refractivity contribution is 6.32. The van der Waals surface area contributed by atoms with Crippen LogP contribution >= 0.6 is 11.6 Å². The molecule has 3 nitrogen and oxygen atoms in total. The maximum absolute atomic E-state index is 13.6. The van der Waals surface area contributed by atoms with Crippen LogP contribution in [-0.2, 0) is 6.42 Å². The lowest BCUT2D eigenvalue weighted by Crippen LogP contribution is -2.14. The number of H-pyrrole nitrogens is 1. The predicted molar refractivity (Wildman–Crippen MR) is 96.4 cm³/mol. The van der Waals surface area contributed by atoms with Gasteiger partial charge < -0.3 is 15.5 Å². The zero-order valence-electron chi connectivity index (χ0n) is 13.5. The quantitative estimate of drug-likeness (QED) is 0.683. The Morgan fingerprint density at radius 3 is 2.79 bits per heavy atom. The monoisotopic (exact) mass is 346 g/mol. The molecular weight excluding hydrogens is 327 g/mol. The van der Waals surface area contributed by atoms with Gasteiger partial charge in [-0.3, -0.25) is 0 Å². The van der Waals surface area contributed by atoms with Crippen molar-refractivity contribution in [3.8, 4) is 5.75 Å². The molecule has 0 spiro atoms. The van der Waals surface area contributed by atoms with Gasteiger partial charge in [0.25, 0.3) is 0 Å². The van der Waals surface area contributed by atoms with Gasteiger partial charge in [-0.1, -0.05) is 17.7 Å². The standard InChI is InChI=1S/C19H20ClFN2O/c1-2-24-19-6-3-12(8-17(19)20)7-13(10-22)16-11-23-18-5-4-14(21)9-15(16)18/h3-6,8-9,11,13,23H,2,7,10,22H2,1H3. The Labute approximate surface area is 145 Å². The number of aromatic nitrogens is 1. The third kappa shape index (κ3) is 3.40. The normalized spacial score (nSPS) is 12.5. The average molecular weight is 347 g/mol. The van der Waals surface area contributed by atoms with Crippen LogP contribution in [0, 0.1) is 5.82 Å². The van der Waals surface area contributed by atoms with E-state index in [1.54, 1.807) is 12.1 Å². The van der Waals surface area contributed by atoms with Gasteiger partial charge in [0.2, 0.25) is 0 Å². The van der Waals surface area contributed by atoms with Crippen LogP contribution < -0.4 is 10.5 Å². The van der Waals surface area contributed by atoms with Gasteiger partial charge in [0, 0.05) is 23.0 Å². The highest BCUT2D eigenvalue weighted by atomic mass is 35.5. The number of nitrogens with two attached hydrogens (primary N) is 1. The number of rotatable bonds is 6. The lowest BCUT2D eigenvalue weighted by Gasteiger charge is -2.15. The Morgan fingerprint density at radius 2 is 2.08 bits per heavy atom. The fraction of sp³-hybridized carbons (Fsp3) is 0.263. The van der Waals surface area contributed by atoms with Crippen molar-refractivity contribution in [2.24, 2.45) is 5.73 Å².